The van der Waals surface area contributed by atoms with Crippen molar-refractivity contribution >= 4 is 27.3 Å². The van der Waals surface area contributed by atoms with E-state index in [1.54, 1.807) is 11.3 Å². The highest BCUT2D eigenvalue weighted by Crippen LogP contribution is 2.54. The van der Waals surface area contributed by atoms with E-state index in [-0.39, 0.29) is 0 Å². The van der Waals surface area contributed by atoms with Crippen LogP contribution in [0.4, 0.5) is 0 Å². The third kappa shape index (κ3) is 2.25. The average Bonchev–Trinajstić information content (AvgIpc) is 2.83. The maximum Gasteiger partial charge on any atom is 0.107 e. The van der Waals surface area contributed by atoms with Crippen molar-refractivity contribution < 1.29 is 5.11 Å². The van der Waals surface area contributed by atoms with Crippen molar-refractivity contribution in [3.8, 4) is 0 Å². The molecule has 1 aromatic rings. The zero-order valence-electron chi connectivity index (χ0n) is 13.5. The maximum absolute atomic E-state index is 11.6. The van der Waals surface area contributed by atoms with Crippen LogP contribution in [0.3, 0.4) is 0 Å². The summed E-state index contributed by atoms with van der Waals surface area (Å²) < 4.78 is 1.14. The second kappa shape index (κ2) is 5.30. The lowest BCUT2D eigenvalue weighted by Gasteiger charge is -2.60. The minimum atomic E-state index is -0.586. The van der Waals surface area contributed by atoms with E-state index >= 15 is 0 Å². The molecule has 3 fully saturated rings. The molecule has 2 saturated carbocycles. The second-order valence-electron chi connectivity index (χ2n) is 8.17. The Bertz CT molecular complexity index is 551. The van der Waals surface area contributed by atoms with Gasteiger partial charge in [-0.3, -0.25) is 4.90 Å². The normalized spacial score (nSPS) is 45.5. The molecule has 122 valence electrons. The number of likely N-dealkylation sites (tertiary alicyclic amines) is 1. The smallest absolute Gasteiger partial charge is 0.107 e. The van der Waals surface area contributed by atoms with E-state index in [4.69, 9.17) is 0 Å². The van der Waals surface area contributed by atoms with E-state index in [0.717, 1.165) is 22.8 Å². The summed E-state index contributed by atoms with van der Waals surface area (Å²) in [7, 11) is 0. The minimum Gasteiger partial charge on any atom is -0.384 e. The maximum atomic E-state index is 11.6. The number of rotatable bonds is 2. The standard InChI is InChI=1S/C18H26BrNOS/c1-12-8-17(2,9-12)20-10-13-4-3-5-14(11-20)18(13,21)15-6-7-16(19)22-15/h6-7,12-14,21H,3-5,8-11H2,1-2H3. The first-order valence-corrected chi connectivity index (χ1v) is 10.3. The van der Waals surface area contributed by atoms with Crippen LogP contribution >= 0.6 is 27.3 Å². The molecule has 0 amide bonds. The summed E-state index contributed by atoms with van der Waals surface area (Å²) in [6, 6.07) is 4.23. The summed E-state index contributed by atoms with van der Waals surface area (Å²) in [5, 5.41) is 11.6. The van der Waals surface area contributed by atoms with Gasteiger partial charge in [0.2, 0.25) is 0 Å². The van der Waals surface area contributed by atoms with Crippen LogP contribution < -0.4 is 0 Å². The van der Waals surface area contributed by atoms with E-state index in [2.05, 4.69) is 46.8 Å². The number of nitrogens with zero attached hydrogens (tertiary/aromatic N) is 1. The number of piperidine rings is 1. The van der Waals surface area contributed by atoms with E-state index in [1.165, 1.54) is 37.0 Å². The summed E-state index contributed by atoms with van der Waals surface area (Å²) in [5.41, 5.74) is -0.193. The molecular formula is C18H26BrNOS. The summed E-state index contributed by atoms with van der Waals surface area (Å²) in [6.45, 7) is 6.96. The van der Waals surface area contributed by atoms with Crippen LogP contribution in [0.1, 0.15) is 50.8 Å². The van der Waals surface area contributed by atoms with Gasteiger partial charge in [0.1, 0.15) is 5.60 Å². The van der Waals surface area contributed by atoms with Crippen molar-refractivity contribution in [2.24, 2.45) is 17.8 Å². The molecule has 1 aliphatic heterocycles. The first-order valence-electron chi connectivity index (χ1n) is 8.65. The lowest BCUT2D eigenvalue weighted by molar-refractivity contribution is -0.174. The number of hydrogen-bond donors (Lipinski definition) is 1. The summed E-state index contributed by atoms with van der Waals surface area (Å²) in [4.78, 5) is 3.90. The Labute approximate surface area is 146 Å². The molecule has 3 aliphatic rings. The molecule has 2 unspecified atom stereocenters. The first kappa shape index (κ1) is 15.6. The number of halogens is 1. The van der Waals surface area contributed by atoms with Gasteiger partial charge in [0, 0.05) is 35.3 Å². The SMILES string of the molecule is CC1CC(C)(N2CC3CCCC(C2)C3(O)c2ccc(Br)s2)C1. The van der Waals surface area contributed by atoms with Crippen LogP contribution in [0.25, 0.3) is 0 Å². The molecule has 2 atom stereocenters. The van der Waals surface area contributed by atoms with Crippen LogP contribution in [0, 0.1) is 17.8 Å². The summed E-state index contributed by atoms with van der Waals surface area (Å²) in [6.07, 6.45) is 6.28. The third-order valence-corrected chi connectivity index (χ3v) is 8.30. The molecule has 2 aliphatic carbocycles. The van der Waals surface area contributed by atoms with E-state index in [1.807, 2.05) is 0 Å². The second-order valence-corrected chi connectivity index (χ2v) is 10.6. The van der Waals surface area contributed by atoms with Gasteiger partial charge < -0.3 is 5.11 Å². The van der Waals surface area contributed by atoms with Crippen molar-refractivity contribution in [3.05, 3.63) is 20.8 Å². The van der Waals surface area contributed by atoms with E-state index in [0.29, 0.717) is 17.4 Å². The van der Waals surface area contributed by atoms with Gasteiger partial charge in [-0.15, -0.1) is 11.3 Å². The van der Waals surface area contributed by atoms with Crippen LogP contribution in [-0.4, -0.2) is 28.6 Å². The van der Waals surface area contributed by atoms with Gasteiger partial charge in [-0.05, 0) is 66.6 Å². The van der Waals surface area contributed by atoms with Crippen LogP contribution in [0.5, 0.6) is 0 Å². The average molecular weight is 384 g/mol. The quantitative estimate of drug-likeness (QED) is 0.805. The van der Waals surface area contributed by atoms with Crippen LogP contribution in [-0.2, 0) is 5.60 Å². The van der Waals surface area contributed by atoms with Gasteiger partial charge >= 0.3 is 0 Å². The largest absolute Gasteiger partial charge is 0.384 e. The van der Waals surface area contributed by atoms with Gasteiger partial charge in [0.15, 0.2) is 0 Å². The predicted octanol–water partition coefficient (Wildman–Crippen LogP) is 4.62. The zero-order chi connectivity index (χ0) is 15.5. The minimum absolute atomic E-state index is 0.393. The predicted molar refractivity (Wildman–Crippen MR) is 95.1 cm³/mol. The fourth-order valence-corrected chi connectivity index (χ4v) is 7.16. The fourth-order valence-electron chi connectivity index (χ4n) is 5.52. The van der Waals surface area contributed by atoms with Crippen molar-refractivity contribution in [3.63, 3.8) is 0 Å². The molecule has 4 rings (SSSR count). The lowest BCUT2D eigenvalue weighted by atomic mass is 9.61. The van der Waals surface area contributed by atoms with Crippen molar-refractivity contribution in [2.75, 3.05) is 13.1 Å². The molecule has 2 bridgehead atoms. The molecule has 1 aromatic heterocycles. The Hall–Kier alpha value is 0.1000. The number of thiophene rings is 1. The van der Waals surface area contributed by atoms with Crippen molar-refractivity contribution in [2.45, 2.75) is 57.1 Å². The van der Waals surface area contributed by atoms with E-state index in [9.17, 15) is 5.11 Å². The van der Waals surface area contributed by atoms with Gasteiger partial charge in [0.25, 0.3) is 0 Å². The molecule has 4 heteroatoms. The van der Waals surface area contributed by atoms with Crippen molar-refractivity contribution in [1.82, 2.24) is 4.90 Å². The molecule has 1 N–H and O–H groups in total. The molecule has 0 spiro atoms. The number of aliphatic hydroxyl groups is 1. The van der Waals surface area contributed by atoms with Crippen LogP contribution in [0.2, 0.25) is 0 Å². The van der Waals surface area contributed by atoms with E-state index < -0.39 is 5.60 Å². The Morgan fingerprint density at radius 3 is 2.36 bits per heavy atom. The van der Waals surface area contributed by atoms with Gasteiger partial charge in [-0.25, -0.2) is 0 Å². The molecular weight excluding hydrogens is 358 g/mol. The molecule has 1 saturated heterocycles. The monoisotopic (exact) mass is 383 g/mol. The van der Waals surface area contributed by atoms with Gasteiger partial charge in [-0.2, -0.15) is 0 Å². The van der Waals surface area contributed by atoms with Gasteiger partial charge in [-0.1, -0.05) is 13.3 Å². The highest BCUT2D eigenvalue weighted by molar-refractivity contribution is 9.11. The Morgan fingerprint density at radius 2 is 1.86 bits per heavy atom. The summed E-state index contributed by atoms with van der Waals surface area (Å²) in [5.74, 6) is 1.68. The highest BCUT2D eigenvalue weighted by atomic mass is 79.9. The molecule has 0 aromatic carbocycles. The molecule has 2 heterocycles. The lowest BCUT2D eigenvalue weighted by Crippen LogP contribution is -2.65. The molecule has 0 radical (unpaired) electrons. The Kier molecular flexibility index (Phi) is 3.76. The number of hydrogen-bond acceptors (Lipinski definition) is 3. The van der Waals surface area contributed by atoms with Gasteiger partial charge in [0.05, 0.1) is 3.79 Å². The Morgan fingerprint density at radius 1 is 1.23 bits per heavy atom. The first-order chi connectivity index (χ1) is 10.4. The fraction of sp³-hybridized carbons (Fsp3) is 0.778. The topological polar surface area (TPSA) is 23.5 Å². The highest BCUT2D eigenvalue weighted by Gasteiger charge is 2.56. The number of fused-ring (bicyclic) bond motifs is 2. The zero-order valence-corrected chi connectivity index (χ0v) is 15.9. The molecule has 2 nitrogen and oxygen atoms in total. The molecule has 22 heavy (non-hydrogen) atoms. The Balaban J connectivity index is 1.62. The van der Waals surface area contributed by atoms with Crippen LogP contribution in [0.15, 0.2) is 15.9 Å². The third-order valence-electron chi connectivity index (χ3n) is 6.54. The summed E-state index contributed by atoms with van der Waals surface area (Å²) >= 11 is 5.30. The van der Waals surface area contributed by atoms with Crippen molar-refractivity contribution in [1.29, 1.82) is 0 Å².